The SMILES string of the molecule is CCCNC(=O)C(C)N(Cc1cccc(OC)c1)C(=O)CN(c1ccc(OCC)cc1)S(=O)(=O)c1ccc(SC)cc1. The topological polar surface area (TPSA) is 105 Å². The molecule has 1 unspecified atom stereocenters. The number of nitrogens with zero attached hydrogens (tertiary/aromatic N) is 2. The number of sulfonamides is 1. The average Bonchev–Trinajstić information content (AvgIpc) is 3.01. The number of carbonyl (C=O) groups is 2. The molecule has 2 amide bonds. The fourth-order valence-corrected chi connectivity index (χ4v) is 6.05. The molecule has 42 heavy (non-hydrogen) atoms. The van der Waals surface area contributed by atoms with E-state index in [-0.39, 0.29) is 17.3 Å². The second-order valence-electron chi connectivity index (χ2n) is 9.45. The van der Waals surface area contributed by atoms with Crippen LogP contribution in [0.2, 0.25) is 0 Å². The van der Waals surface area contributed by atoms with E-state index in [9.17, 15) is 18.0 Å². The average molecular weight is 614 g/mol. The van der Waals surface area contributed by atoms with Gasteiger partial charge < -0.3 is 19.7 Å². The number of hydrogen-bond donors (Lipinski definition) is 1. The lowest BCUT2D eigenvalue weighted by Crippen LogP contribution is -2.51. The van der Waals surface area contributed by atoms with E-state index in [0.717, 1.165) is 21.2 Å². The van der Waals surface area contributed by atoms with Crippen LogP contribution in [0.5, 0.6) is 11.5 Å². The first kappa shape index (κ1) is 32.8. The van der Waals surface area contributed by atoms with E-state index in [4.69, 9.17) is 9.47 Å². The molecule has 0 saturated heterocycles. The Morgan fingerprint density at radius 1 is 0.976 bits per heavy atom. The Balaban J connectivity index is 2.03. The summed E-state index contributed by atoms with van der Waals surface area (Å²) in [4.78, 5) is 29.4. The highest BCUT2D eigenvalue weighted by atomic mass is 32.2. The van der Waals surface area contributed by atoms with Crippen molar-refractivity contribution in [3.63, 3.8) is 0 Å². The minimum atomic E-state index is -4.16. The van der Waals surface area contributed by atoms with Gasteiger partial charge in [0.1, 0.15) is 24.1 Å². The first-order chi connectivity index (χ1) is 20.1. The van der Waals surface area contributed by atoms with Gasteiger partial charge in [0.25, 0.3) is 10.0 Å². The lowest BCUT2D eigenvalue weighted by atomic mass is 10.1. The number of benzene rings is 3. The Morgan fingerprint density at radius 3 is 2.26 bits per heavy atom. The van der Waals surface area contributed by atoms with Crippen LogP contribution in [0.25, 0.3) is 0 Å². The zero-order chi connectivity index (χ0) is 30.7. The Morgan fingerprint density at radius 2 is 1.67 bits per heavy atom. The van der Waals surface area contributed by atoms with E-state index < -0.39 is 28.5 Å². The van der Waals surface area contributed by atoms with Gasteiger partial charge in [0, 0.05) is 18.0 Å². The van der Waals surface area contributed by atoms with E-state index in [1.807, 2.05) is 26.2 Å². The number of rotatable bonds is 15. The molecule has 1 atom stereocenters. The summed E-state index contributed by atoms with van der Waals surface area (Å²) < 4.78 is 40.0. The van der Waals surface area contributed by atoms with Crippen LogP contribution in [0.4, 0.5) is 5.69 Å². The number of nitrogens with one attached hydrogen (secondary N) is 1. The molecule has 0 aliphatic carbocycles. The van der Waals surface area contributed by atoms with Gasteiger partial charge in [-0.15, -0.1) is 11.8 Å². The van der Waals surface area contributed by atoms with Gasteiger partial charge in [0.2, 0.25) is 11.8 Å². The van der Waals surface area contributed by atoms with Crippen LogP contribution in [0.1, 0.15) is 32.8 Å². The van der Waals surface area contributed by atoms with Gasteiger partial charge in [-0.25, -0.2) is 8.42 Å². The molecule has 3 aromatic carbocycles. The van der Waals surface area contributed by atoms with Crippen molar-refractivity contribution in [2.24, 2.45) is 0 Å². The van der Waals surface area contributed by atoms with Crippen molar-refractivity contribution in [2.45, 2.75) is 49.6 Å². The van der Waals surface area contributed by atoms with Crippen molar-refractivity contribution >= 4 is 39.3 Å². The second kappa shape index (κ2) is 15.5. The maximum atomic E-state index is 14.0. The molecule has 0 radical (unpaired) electrons. The van der Waals surface area contributed by atoms with Gasteiger partial charge >= 0.3 is 0 Å². The molecule has 1 N–H and O–H groups in total. The van der Waals surface area contributed by atoms with Crippen LogP contribution in [0.15, 0.2) is 82.6 Å². The molecule has 11 heteroatoms. The monoisotopic (exact) mass is 613 g/mol. The number of ether oxygens (including phenoxy) is 2. The molecule has 0 saturated carbocycles. The number of anilines is 1. The number of methoxy groups -OCH3 is 1. The predicted octanol–water partition coefficient (Wildman–Crippen LogP) is 4.95. The van der Waals surface area contributed by atoms with Gasteiger partial charge in [-0.2, -0.15) is 0 Å². The zero-order valence-electron chi connectivity index (χ0n) is 24.7. The van der Waals surface area contributed by atoms with E-state index in [2.05, 4.69) is 5.32 Å². The smallest absolute Gasteiger partial charge is 0.264 e. The third-order valence-corrected chi connectivity index (χ3v) is 9.10. The molecule has 0 aliphatic heterocycles. The summed E-state index contributed by atoms with van der Waals surface area (Å²) in [6, 6.07) is 19.4. The lowest BCUT2D eigenvalue weighted by Gasteiger charge is -2.32. The van der Waals surface area contributed by atoms with Crippen molar-refractivity contribution < 1.29 is 27.5 Å². The van der Waals surface area contributed by atoms with Crippen molar-refractivity contribution in [3.05, 3.63) is 78.4 Å². The number of amides is 2. The van der Waals surface area contributed by atoms with Crippen molar-refractivity contribution in [3.8, 4) is 11.5 Å². The van der Waals surface area contributed by atoms with Crippen LogP contribution in [-0.4, -0.2) is 64.2 Å². The molecule has 3 rings (SSSR count). The molecule has 226 valence electrons. The van der Waals surface area contributed by atoms with Crippen LogP contribution < -0.4 is 19.1 Å². The van der Waals surface area contributed by atoms with Crippen LogP contribution in [0.3, 0.4) is 0 Å². The lowest BCUT2D eigenvalue weighted by molar-refractivity contribution is -0.139. The fourth-order valence-electron chi connectivity index (χ4n) is 4.22. The van der Waals surface area contributed by atoms with Crippen molar-refractivity contribution in [1.29, 1.82) is 0 Å². The summed E-state index contributed by atoms with van der Waals surface area (Å²) in [6.07, 6.45) is 2.64. The Hall–Kier alpha value is -3.70. The molecule has 0 spiro atoms. The largest absolute Gasteiger partial charge is 0.497 e. The summed E-state index contributed by atoms with van der Waals surface area (Å²) in [5.41, 5.74) is 1.03. The minimum Gasteiger partial charge on any atom is -0.497 e. The Bertz CT molecular complexity index is 1430. The molecule has 0 aliphatic rings. The first-order valence-electron chi connectivity index (χ1n) is 13.7. The standard InChI is InChI=1S/C31H39N3O6S2/c1-6-19-32-31(36)23(3)33(21-24-9-8-10-27(20-24)39-4)30(35)22-34(25-11-13-26(14-12-25)40-7-2)42(37,38)29-17-15-28(41-5)16-18-29/h8-18,20,23H,6-7,19,21-22H2,1-5H3,(H,32,36). The highest BCUT2D eigenvalue weighted by Gasteiger charge is 2.32. The number of hydrogen-bond acceptors (Lipinski definition) is 7. The third-order valence-electron chi connectivity index (χ3n) is 6.57. The highest BCUT2D eigenvalue weighted by Crippen LogP contribution is 2.28. The molecule has 0 bridgehead atoms. The molecule has 0 heterocycles. The van der Waals surface area contributed by atoms with Crippen LogP contribution >= 0.6 is 11.8 Å². The zero-order valence-corrected chi connectivity index (χ0v) is 26.3. The van der Waals surface area contributed by atoms with Crippen LogP contribution in [0, 0.1) is 0 Å². The molecular formula is C31H39N3O6S2. The van der Waals surface area contributed by atoms with Gasteiger partial charge in [-0.3, -0.25) is 13.9 Å². The van der Waals surface area contributed by atoms with E-state index in [0.29, 0.717) is 30.3 Å². The molecule has 0 aromatic heterocycles. The fraction of sp³-hybridized carbons (Fsp3) is 0.355. The predicted molar refractivity (Wildman–Crippen MR) is 167 cm³/mol. The van der Waals surface area contributed by atoms with E-state index >= 15 is 0 Å². The van der Waals surface area contributed by atoms with E-state index in [1.54, 1.807) is 68.6 Å². The molecule has 9 nitrogen and oxygen atoms in total. The Labute approximate surface area is 253 Å². The molecular weight excluding hydrogens is 574 g/mol. The normalized spacial score (nSPS) is 11.8. The third kappa shape index (κ3) is 8.42. The summed E-state index contributed by atoms with van der Waals surface area (Å²) in [5.74, 6) is 0.330. The highest BCUT2D eigenvalue weighted by molar-refractivity contribution is 7.98. The van der Waals surface area contributed by atoms with E-state index in [1.165, 1.54) is 28.8 Å². The molecule has 3 aromatic rings. The van der Waals surface area contributed by atoms with Crippen molar-refractivity contribution in [1.82, 2.24) is 10.2 Å². The van der Waals surface area contributed by atoms with Gasteiger partial charge in [0.05, 0.1) is 24.3 Å². The maximum Gasteiger partial charge on any atom is 0.264 e. The number of thioether (sulfide) groups is 1. The summed E-state index contributed by atoms with van der Waals surface area (Å²) in [7, 11) is -2.61. The summed E-state index contributed by atoms with van der Waals surface area (Å²) in [5, 5.41) is 2.84. The first-order valence-corrected chi connectivity index (χ1v) is 16.4. The van der Waals surface area contributed by atoms with Gasteiger partial charge in [-0.1, -0.05) is 19.1 Å². The molecule has 0 fully saturated rings. The van der Waals surface area contributed by atoms with Crippen LogP contribution in [-0.2, 0) is 26.2 Å². The second-order valence-corrected chi connectivity index (χ2v) is 12.2. The Kier molecular flexibility index (Phi) is 12.1. The number of carbonyl (C=O) groups excluding carboxylic acids is 2. The van der Waals surface area contributed by atoms with Crippen molar-refractivity contribution in [2.75, 3.05) is 37.4 Å². The van der Waals surface area contributed by atoms with Gasteiger partial charge in [0.15, 0.2) is 0 Å². The quantitative estimate of drug-likeness (QED) is 0.242. The maximum absolute atomic E-state index is 14.0. The van der Waals surface area contributed by atoms with Gasteiger partial charge in [-0.05, 0) is 92.8 Å². The summed E-state index contributed by atoms with van der Waals surface area (Å²) in [6.45, 7) is 5.92. The summed E-state index contributed by atoms with van der Waals surface area (Å²) >= 11 is 1.50. The minimum absolute atomic E-state index is 0.0510.